The van der Waals surface area contributed by atoms with Gasteiger partial charge in [-0.1, -0.05) is 48.5 Å². The summed E-state index contributed by atoms with van der Waals surface area (Å²) >= 11 is 0. The van der Waals surface area contributed by atoms with Crippen LogP contribution in [0, 0.1) is 0 Å². The van der Waals surface area contributed by atoms with Crippen LogP contribution in [0.5, 0.6) is 23.0 Å². The largest absolute Gasteiger partial charge is 1.00 e. The van der Waals surface area contributed by atoms with Gasteiger partial charge in [0.2, 0.25) is 0 Å². The fourth-order valence-corrected chi connectivity index (χ4v) is 0.900. The summed E-state index contributed by atoms with van der Waals surface area (Å²) in [5.41, 5.74) is 0. The maximum Gasteiger partial charge on any atom is 1.00 e. The van der Waals surface area contributed by atoms with Crippen molar-refractivity contribution in [2.75, 3.05) is 7.11 Å². The van der Waals surface area contributed by atoms with Crippen molar-refractivity contribution in [3.05, 3.63) is 48.5 Å². The van der Waals surface area contributed by atoms with Crippen LogP contribution in [0.2, 0.25) is 0 Å². The molecule has 0 saturated heterocycles. The molecule has 0 fully saturated rings. The summed E-state index contributed by atoms with van der Waals surface area (Å²) in [5, 5.41) is 41.2. The zero-order chi connectivity index (χ0) is 16.3. The third-order valence-electron chi connectivity index (χ3n) is 1.86. The Kier molecular flexibility index (Phi) is 44.4. The first kappa shape index (κ1) is 42.4. The van der Waals surface area contributed by atoms with Gasteiger partial charge in [-0.3, -0.25) is 0 Å². The van der Waals surface area contributed by atoms with Crippen molar-refractivity contribution in [1.82, 2.24) is 0 Å². The molecule has 114 valence electrons. The summed E-state index contributed by atoms with van der Waals surface area (Å²) in [6.45, 7) is 0. The molecule has 0 bridgehead atoms. The molecule has 0 saturated carbocycles. The molecule has 0 aliphatic rings. The molecule has 0 spiro atoms. The van der Waals surface area contributed by atoms with Gasteiger partial charge in [0, 0.05) is 7.11 Å². The molecule has 0 radical (unpaired) electrons. The van der Waals surface area contributed by atoms with Crippen LogP contribution < -0.4 is 173 Å². The Balaban J connectivity index is -0.0000000540. The number of para-hydroxylation sites is 4. The summed E-state index contributed by atoms with van der Waals surface area (Å²) in [7, 11) is -1.75. The second-order valence-electron chi connectivity index (χ2n) is 3.35. The van der Waals surface area contributed by atoms with Crippen molar-refractivity contribution in [1.29, 1.82) is 0 Å². The molecule has 0 aliphatic carbocycles. The summed E-state index contributed by atoms with van der Waals surface area (Å²) in [4.78, 5) is 9.22. The molecule has 0 heterocycles. The van der Waals surface area contributed by atoms with Crippen LogP contribution in [0.15, 0.2) is 48.5 Å². The standard InChI is InChI=1S/2C6H6O2.CH3O3Si.5Na/c2*7-5-3-1-2-4-6(5)8;1-4-5(2)3;;;;;/h2*1-4,7-8H;1H3;;;;;/q;;-1;5*+1/p-4. The van der Waals surface area contributed by atoms with E-state index in [9.17, 15) is 29.7 Å². The van der Waals surface area contributed by atoms with E-state index >= 15 is 0 Å². The molecule has 2 rings (SSSR count). The minimum absolute atomic E-state index is 0. The Morgan fingerprint density at radius 2 is 0.808 bits per heavy atom. The molecule has 2 aromatic carbocycles. The quantitative estimate of drug-likeness (QED) is 0.416. The fourth-order valence-electron chi connectivity index (χ4n) is 0.900. The Morgan fingerprint density at radius 1 is 0.654 bits per heavy atom. The molecule has 0 unspecified atom stereocenters. The molecule has 26 heavy (non-hydrogen) atoms. The van der Waals surface area contributed by atoms with Crippen LogP contribution in [-0.4, -0.2) is 16.3 Å². The Hall–Kier alpha value is 2.26. The van der Waals surface area contributed by atoms with E-state index in [1.165, 1.54) is 24.3 Å². The van der Waals surface area contributed by atoms with E-state index in [0.717, 1.165) is 7.11 Å². The topological polar surface area (TPSA) is 142 Å². The predicted octanol–water partition coefficient (Wildman–Crippen LogP) is -16.9. The van der Waals surface area contributed by atoms with Crippen molar-refractivity contribution in [3.63, 3.8) is 0 Å². The molecule has 0 amide bonds. The normalized spacial score (nSPS) is 6.81. The second kappa shape index (κ2) is 27.3. The van der Waals surface area contributed by atoms with Crippen molar-refractivity contribution in [2.24, 2.45) is 0 Å². The van der Waals surface area contributed by atoms with E-state index in [2.05, 4.69) is 4.43 Å². The summed E-state index contributed by atoms with van der Waals surface area (Å²) in [6, 6.07) is 11.2. The average molecular weight is 422 g/mol. The number of hydrogen-bond acceptors (Lipinski definition) is 7. The van der Waals surface area contributed by atoms with Gasteiger partial charge in [-0.15, -0.1) is 23.0 Å². The molecule has 0 aliphatic heterocycles. The van der Waals surface area contributed by atoms with E-state index < -0.39 is 32.2 Å². The number of benzene rings is 2. The molecule has 7 nitrogen and oxygen atoms in total. The molecule has 0 aromatic heterocycles. The van der Waals surface area contributed by atoms with Crippen LogP contribution in [0.3, 0.4) is 0 Å². The SMILES string of the molecule is CO[Si](=O)[O-].[Na+].[Na+].[Na+].[Na+].[Na+].[O-]c1ccccc1[O-].[O-]c1ccccc1[O-]. The van der Waals surface area contributed by atoms with Gasteiger partial charge < -0.3 is 34.1 Å². The predicted molar refractivity (Wildman–Crippen MR) is 64.1 cm³/mol. The van der Waals surface area contributed by atoms with E-state index in [-0.39, 0.29) is 148 Å². The molecule has 2 aromatic rings. The smallest absolute Gasteiger partial charge is 0.873 e. The molecule has 13 heteroatoms. The fraction of sp³-hybridized carbons (Fsp3) is 0.0769. The molecular formula is C13H11Na5O7Si. The third kappa shape index (κ3) is 24.3. The Bertz CT molecular complexity index is 493. The number of hydrogen-bond donors (Lipinski definition) is 0. The first-order chi connectivity index (χ1) is 9.88. The van der Waals surface area contributed by atoms with Crippen LogP contribution in [-0.2, 0) is 8.89 Å². The Morgan fingerprint density at radius 3 is 0.885 bits per heavy atom. The van der Waals surface area contributed by atoms with Gasteiger partial charge in [0.1, 0.15) is 0 Å². The summed E-state index contributed by atoms with van der Waals surface area (Å²) < 4.78 is 13.0. The first-order valence-corrected chi connectivity index (χ1v) is 6.72. The van der Waals surface area contributed by atoms with Crippen molar-refractivity contribution in [3.8, 4) is 23.0 Å². The van der Waals surface area contributed by atoms with E-state index in [1.54, 1.807) is 24.3 Å². The minimum Gasteiger partial charge on any atom is -0.873 e. The van der Waals surface area contributed by atoms with E-state index in [0.29, 0.717) is 0 Å². The average Bonchev–Trinajstić information content (AvgIpc) is 2.47. The summed E-state index contributed by atoms with van der Waals surface area (Å²) in [5.74, 6) is -1.75. The molecule has 0 atom stereocenters. The third-order valence-corrected chi connectivity index (χ3v) is 2.20. The van der Waals surface area contributed by atoms with Crippen molar-refractivity contribution in [2.45, 2.75) is 0 Å². The number of rotatable bonds is 1. The minimum atomic E-state index is -2.87. The van der Waals surface area contributed by atoms with Gasteiger partial charge in [0.25, 0.3) is 0 Å². The van der Waals surface area contributed by atoms with E-state index in [4.69, 9.17) is 0 Å². The maximum atomic E-state index is 10.3. The van der Waals surface area contributed by atoms with Crippen molar-refractivity contribution >= 4 is 9.17 Å². The zero-order valence-electron chi connectivity index (χ0n) is 16.0. The monoisotopic (exact) mass is 422 g/mol. The zero-order valence-corrected chi connectivity index (χ0v) is 27.0. The van der Waals surface area contributed by atoms with Crippen molar-refractivity contribution < 1.29 is 182 Å². The van der Waals surface area contributed by atoms with Crippen LogP contribution in [0.1, 0.15) is 0 Å². The first-order valence-electron chi connectivity index (χ1n) is 5.49. The van der Waals surface area contributed by atoms with E-state index in [1.807, 2.05) is 0 Å². The van der Waals surface area contributed by atoms with Gasteiger partial charge in [0.15, 0.2) is 0 Å². The second-order valence-corrected chi connectivity index (χ2v) is 4.26. The van der Waals surface area contributed by atoms with Gasteiger partial charge in [0.05, 0.1) is 0 Å². The van der Waals surface area contributed by atoms with Gasteiger partial charge >= 0.3 is 157 Å². The van der Waals surface area contributed by atoms with Crippen LogP contribution in [0.4, 0.5) is 0 Å². The molecular weight excluding hydrogens is 411 g/mol. The Labute approximate surface area is 264 Å². The summed E-state index contributed by atoms with van der Waals surface area (Å²) in [6.07, 6.45) is 0. The van der Waals surface area contributed by atoms with Gasteiger partial charge in [-0.25, -0.2) is 0 Å². The van der Waals surface area contributed by atoms with Gasteiger partial charge in [-0.2, -0.15) is 0 Å². The van der Waals surface area contributed by atoms with Crippen LogP contribution >= 0.6 is 0 Å². The maximum absolute atomic E-state index is 10.3. The van der Waals surface area contributed by atoms with Gasteiger partial charge in [-0.05, 0) is 0 Å². The van der Waals surface area contributed by atoms with Crippen LogP contribution in [0.25, 0.3) is 0 Å². The molecule has 0 N–H and O–H groups in total.